The molecule has 1 fully saturated rings. The van der Waals surface area contributed by atoms with Crippen LogP contribution in [-0.4, -0.2) is 22.2 Å². The average Bonchev–Trinajstić information content (AvgIpc) is 2.73. The lowest BCUT2D eigenvalue weighted by Gasteiger charge is -2.28. The van der Waals surface area contributed by atoms with E-state index in [1.54, 1.807) is 4.68 Å². The molecule has 1 amide bonds. The number of amides is 1. The molecule has 5 heteroatoms. The molecule has 0 aliphatic heterocycles. The summed E-state index contributed by atoms with van der Waals surface area (Å²) < 4.78 is 1.68. The second-order valence-corrected chi connectivity index (χ2v) is 5.90. The third-order valence-corrected chi connectivity index (χ3v) is 4.50. The highest BCUT2D eigenvalue weighted by molar-refractivity contribution is 5.97. The van der Waals surface area contributed by atoms with E-state index >= 15 is 0 Å². The summed E-state index contributed by atoms with van der Waals surface area (Å²) in [5, 5.41) is 7.34. The molecule has 0 bridgehead atoms. The number of anilines is 1. The van der Waals surface area contributed by atoms with E-state index in [4.69, 9.17) is 5.73 Å². The Labute approximate surface area is 120 Å². The van der Waals surface area contributed by atoms with Gasteiger partial charge in [-0.25, -0.2) is 0 Å². The minimum absolute atomic E-state index is 0.0947. The summed E-state index contributed by atoms with van der Waals surface area (Å²) in [5.74, 6) is 1.19. The standard InChI is InChI=1S/C15H26N4O/c1-4-19-14(13(16)11(3)18-19)15(20)17-9-12-8-6-5-7-10(12)2/h10,12H,4-9,16H2,1-3H3,(H,17,20). The van der Waals surface area contributed by atoms with Gasteiger partial charge in [0.05, 0.1) is 11.4 Å². The van der Waals surface area contributed by atoms with Crippen molar-refractivity contribution >= 4 is 11.6 Å². The first-order valence-electron chi connectivity index (χ1n) is 7.65. The molecule has 1 aliphatic carbocycles. The Balaban J connectivity index is 2.01. The lowest BCUT2D eigenvalue weighted by atomic mass is 9.80. The highest BCUT2D eigenvalue weighted by Crippen LogP contribution is 2.29. The van der Waals surface area contributed by atoms with E-state index in [0.29, 0.717) is 29.8 Å². The number of aromatic nitrogens is 2. The Bertz CT molecular complexity index is 480. The van der Waals surface area contributed by atoms with Gasteiger partial charge in [-0.05, 0) is 32.1 Å². The number of nitrogens with zero attached hydrogens (tertiary/aromatic N) is 2. The van der Waals surface area contributed by atoms with Gasteiger partial charge in [0.2, 0.25) is 0 Å². The zero-order valence-electron chi connectivity index (χ0n) is 12.8. The highest BCUT2D eigenvalue weighted by Gasteiger charge is 2.24. The number of carbonyl (C=O) groups excluding carboxylic acids is 1. The predicted molar refractivity (Wildman–Crippen MR) is 80.5 cm³/mol. The van der Waals surface area contributed by atoms with Crippen LogP contribution in [0.25, 0.3) is 0 Å². The number of nitrogens with one attached hydrogen (secondary N) is 1. The summed E-state index contributed by atoms with van der Waals surface area (Å²) in [7, 11) is 0. The van der Waals surface area contributed by atoms with E-state index in [1.807, 2.05) is 13.8 Å². The van der Waals surface area contributed by atoms with Crippen molar-refractivity contribution in [1.82, 2.24) is 15.1 Å². The molecule has 1 aromatic heterocycles. The summed E-state index contributed by atoms with van der Waals surface area (Å²) in [5.41, 5.74) is 7.71. The van der Waals surface area contributed by atoms with Crippen molar-refractivity contribution in [2.75, 3.05) is 12.3 Å². The second-order valence-electron chi connectivity index (χ2n) is 5.90. The molecule has 0 saturated heterocycles. The molecule has 1 saturated carbocycles. The molecule has 0 spiro atoms. The molecule has 2 unspecified atom stereocenters. The fraction of sp³-hybridized carbons (Fsp3) is 0.733. The van der Waals surface area contributed by atoms with Crippen LogP contribution >= 0.6 is 0 Å². The fourth-order valence-electron chi connectivity index (χ4n) is 3.07. The van der Waals surface area contributed by atoms with Gasteiger partial charge >= 0.3 is 0 Å². The Hall–Kier alpha value is -1.52. The third kappa shape index (κ3) is 2.97. The lowest BCUT2D eigenvalue weighted by molar-refractivity contribution is 0.0926. The van der Waals surface area contributed by atoms with Crippen LogP contribution in [0.15, 0.2) is 0 Å². The van der Waals surface area contributed by atoms with Crippen molar-refractivity contribution in [2.24, 2.45) is 11.8 Å². The number of aryl methyl sites for hydroxylation is 2. The molecule has 0 aromatic carbocycles. The topological polar surface area (TPSA) is 72.9 Å². The van der Waals surface area contributed by atoms with Gasteiger partial charge in [0, 0.05) is 13.1 Å². The van der Waals surface area contributed by atoms with Crippen molar-refractivity contribution in [3.63, 3.8) is 0 Å². The molecule has 1 aromatic rings. The van der Waals surface area contributed by atoms with E-state index in [-0.39, 0.29) is 5.91 Å². The SMILES string of the molecule is CCn1nc(C)c(N)c1C(=O)NCC1CCCCC1C. The van der Waals surface area contributed by atoms with Gasteiger partial charge in [-0.1, -0.05) is 26.2 Å². The first-order valence-corrected chi connectivity index (χ1v) is 7.65. The molecule has 5 nitrogen and oxygen atoms in total. The smallest absolute Gasteiger partial charge is 0.271 e. The number of rotatable bonds is 4. The van der Waals surface area contributed by atoms with Crippen LogP contribution in [-0.2, 0) is 6.54 Å². The van der Waals surface area contributed by atoms with Crippen molar-refractivity contribution in [3.8, 4) is 0 Å². The number of carbonyl (C=O) groups is 1. The lowest BCUT2D eigenvalue weighted by Crippen LogP contribution is -2.34. The van der Waals surface area contributed by atoms with Gasteiger partial charge in [-0.15, -0.1) is 0 Å². The zero-order chi connectivity index (χ0) is 14.7. The molecular weight excluding hydrogens is 252 g/mol. The van der Waals surface area contributed by atoms with E-state index in [1.165, 1.54) is 25.7 Å². The Morgan fingerprint density at radius 3 is 2.80 bits per heavy atom. The van der Waals surface area contributed by atoms with Crippen LogP contribution in [0, 0.1) is 18.8 Å². The Kier molecular flexibility index (Phi) is 4.68. The monoisotopic (exact) mass is 278 g/mol. The van der Waals surface area contributed by atoms with E-state index in [9.17, 15) is 4.79 Å². The molecule has 2 rings (SSSR count). The molecule has 3 N–H and O–H groups in total. The Morgan fingerprint density at radius 1 is 1.45 bits per heavy atom. The molecule has 112 valence electrons. The molecule has 20 heavy (non-hydrogen) atoms. The van der Waals surface area contributed by atoms with E-state index in [0.717, 1.165) is 12.2 Å². The van der Waals surface area contributed by atoms with Gasteiger partial charge in [-0.2, -0.15) is 5.10 Å². The first-order chi connectivity index (χ1) is 9.54. The molecule has 2 atom stereocenters. The summed E-state index contributed by atoms with van der Waals surface area (Å²) >= 11 is 0. The van der Waals surface area contributed by atoms with E-state index in [2.05, 4.69) is 17.3 Å². The summed E-state index contributed by atoms with van der Waals surface area (Å²) in [4.78, 5) is 12.4. The van der Waals surface area contributed by atoms with Crippen LogP contribution in [0.5, 0.6) is 0 Å². The minimum Gasteiger partial charge on any atom is -0.395 e. The summed E-state index contributed by atoms with van der Waals surface area (Å²) in [6.45, 7) is 7.48. The van der Waals surface area contributed by atoms with Crippen molar-refractivity contribution in [3.05, 3.63) is 11.4 Å². The van der Waals surface area contributed by atoms with Crippen LogP contribution in [0.1, 0.15) is 55.7 Å². The molecule has 1 heterocycles. The maximum atomic E-state index is 12.4. The van der Waals surface area contributed by atoms with E-state index < -0.39 is 0 Å². The van der Waals surface area contributed by atoms with Gasteiger partial charge in [0.15, 0.2) is 0 Å². The maximum absolute atomic E-state index is 12.4. The fourth-order valence-corrected chi connectivity index (χ4v) is 3.07. The van der Waals surface area contributed by atoms with Crippen LogP contribution in [0.3, 0.4) is 0 Å². The molecular formula is C15H26N4O. The predicted octanol–water partition coefficient (Wildman–Crippen LogP) is 2.35. The zero-order valence-corrected chi connectivity index (χ0v) is 12.8. The largest absolute Gasteiger partial charge is 0.395 e. The van der Waals surface area contributed by atoms with Gasteiger partial charge < -0.3 is 11.1 Å². The van der Waals surface area contributed by atoms with Gasteiger partial charge in [-0.3, -0.25) is 9.48 Å². The van der Waals surface area contributed by atoms with Crippen molar-refractivity contribution < 1.29 is 4.79 Å². The number of hydrogen-bond acceptors (Lipinski definition) is 3. The number of nitrogen functional groups attached to an aromatic ring is 1. The number of hydrogen-bond donors (Lipinski definition) is 2. The van der Waals surface area contributed by atoms with Gasteiger partial charge in [0.25, 0.3) is 5.91 Å². The average molecular weight is 278 g/mol. The molecule has 1 aliphatic rings. The summed E-state index contributed by atoms with van der Waals surface area (Å²) in [6, 6.07) is 0. The minimum atomic E-state index is -0.0947. The van der Waals surface area contributed by atoms with Crippen molar-refractivity contribution in [2.45, 2.75) is 53.0 Å². The quantitative estimate of drug-likeness (QED) is 0.888. The normalized spacial score (nSPS) is 22.8. The van der Waals surface area contributed by atoms with Crippen LogP contribution in [0.4, 0.5) is 5.69 Å². The maximum Gasteiger partial charge on any atom is 0.271 e. The summed E-state index contributed by atoms with van der Waals surface area (Å²) in [6.07, 6.45) is 5.08. The van der Waals surface area contributed by atoms with Crippen LogP contribution < -0.4 is 11.1 Å². The Morgan fingerprint density at radius 2 is 2.15 bits per heavy atom. The highest BCUT2D eigenvalue weighted by atomic mass is 16.2. The van der Waals surface area contributed by atoms with Crippen LogP contribution in [0.2, 0.25) is 0 Å². The first kappa shape index (κ1) is 14.9. The van der Waals surface area contributed by atoms with Crippen molar-refractivity contribution in [1.29, 1.82) is 0 Å². The number of nitrogens with two attached hydrogens (primary N) is 1. The molecule has 0 radical (unpaired) electrons. The third-order valence-electron chi connectivity index (χ3n) is 4.50. The van der Waals surface area contributed by atoms with Gasteiger partial charge in [0.1, 0.15) is 5.69 Å². The second kappa shape index (κ2) is 6.29.